The van der Waals surface area contributed by atoms with Crippen LogP contribution in [-0.4, -0.2) is 67.5 Å². The molecule has 0 saturated carbocycles. The van der Waals surface area contributed by atoms with Crippen molar-refractivity contribution in [2.75, 3.05) is 26.3 Å². The molecule has 6 aromatic rings. The van der Waals surface area contributed by atoms with Crippen molar-refractivity contribution >= 4 is 23.3 Å². The summed E-state index contributed by atoms with van der Waals surface area (Å²) in [5, 5.41) is 31.8. The molecule has 0 bridgehead atoms. The van der Waals surface area contributed by atoms with Gasteiger partial charge in [-0.2, -0.15) is 5.26 Å². The summed E-state index contributed by atoms with van der Waals surface area (Å²) in [6.45, 7) is 10.2. The van der Waals surface area contributed by atoms with Crippen molar-refractivity contribution < 1.29 is 29.2 Å². The molecule has 0 unspecified atom stereocenters. The highest BCUT2D eigenvalue weighted by Crippen LogP contribution is 2.37. The van der Waals surface area contributed by atoms with Crippen molar-refractivity contribution in [3.63, 3.8) is 0 Å². The lowest BCUT2D eigenvalue weighted by Gasteiger charge is -2.26. The summed E-state index contributed by atoms with van der Waals surface area (Å²) in [5.41, 5.74) is 8.59. The quantitative estimate of drug-likeness (QED) is 0.0823. The number of aliphatic hydroxyl groups excluding tert-OH is 2. The van der Waals surface area contributed by atoms with Gasteiger partial charge in [0.1, 0.15) is 42.0 Å². The minimum atomic E-state index is -0.735. The van der Waals surface area contributed by atoms with Crippen LogP contribution in [0.5, 0.6) is 11.5 Å². The van der Waals surface area contributed by atoms with E-state index in [1.807, 2.05) is 36.4 Å². The Morgan fingerprint density at radius 2 is 1.62 bits per heavy atom. The molecule has 0 aliphatic rings. The number of benzene rings is 3. The standard InChI is InChI=1S/C47H49ClN6O7/c1-30-35(29-60-43-21-42(36(19-41(43)48)25-50-13-16-55)59-28-33-18-32(22-49)23-51-24-33)8-6-10-39(30)40-11-7-9-38(31(40)2)34-12-14-54-44(20-34)52-26-37(45(54)57)27-53(15-17-56)46(58)61-47(3,4)5/h6-12,14,18-21,23-24,26,50,55-56H,13,15-17,25,27-29H2,1-5H3. The second kappa shape index (κ2) is 19.8. The first-order valence-corrected chi connectivity index (χ1v) is 20.2. The van der Waals surface area contributed by atoms with Gasteiger partial charge in [0, 0.05) is 61.6 Å². The molecule has 13 nitrogen and oxygen atoms in total. The van der Waals surface area contributed by atoms with Crippen molar-refractivity contribution in [1.82, 2.24) is 24.6 Å². The second-order valence-electron chi connectivity index (χ2n) is 15.5. The number of fused-ring (bicyclic) bond motifs is 1. The number of rotatable bonds is 16. The Labute approximate surface area is 359 Å². The van der Waals surface area contributed by atoms with Crippen LogP contribution in [0.4, 0.5) is 4.79 Å². The summed E-state index contributed by atoms with van der Waals surface area (Å²) in [4.78, 5) is 36.4. The number of carbonyl (C=O) groups is 1. The van der Waals surface area contributed by atoms with Crippen molar-refractivity contribution in [3.8, 4) is 39.8 Å². The molecular formula is C47H49ClN6O7. The third-order valence-electron chi connectivity index (χ3n) is 9.97. The molecule has 61 heavy (non-hydrogen) atoms. The number of amides is 1. The zero-order valence-electron chi connectivity index (χ0n) is 34.9. The maximum atomic E-state index is 13.6. The number of nitriles is 1. The molecule has 0 aliphatic heterocycles. The van der Waals surface area contributed by atoms with Gasteiger partial charge in [-0.1, -0.05) is 48.0 Å². The Hall–Kier alpha value is -6.30. The van der Waals surface area contributed by atoms with Crippen LogP contribution in [0.1, 0.15) is 59.7 Å². The molecule has 6 rings (SSSR count). The molecule has 3 aromatic carbocycles. The van der Waals surface area contributed by atoms with Crippen molar-refractivity contribution in [1.29, 1.82) is 5.26 Å². The van der Waals surface area contributed by atoms with Gasteiger partial charge in [0.2, 0.25) is 0 Å². The van der Waals surface area contributed by atoms with Crippen LogP contribution in [-0.2, 0) is 31.0 Å². The summed E-state index contributed by atoms with van der Waals surface area (Å²) >= 11 is 6.76. The first-order chi connectivity index (χ1) is 29.3. The number of aliphatic hydroxyl groups is 2. The van der Waals surface area contributed by atoms with E-state index in [1.165, 1.54) is 21.7 Å². The SMILES string of the molecule is Cc1c(COc2cc(OCc3cncc(C#N)c3)c(CNCCO)cc2Cl)cccc1-c1cccc(-c2ccn3c(=O)c(CN(CCO)C(=O)OC(C)(C)C)cnc3c2)c1C. The fourth-order valence-electron chi connectivity index (χ4n) is 6.85. The Bertz CT molecular complexity index is 2640. The Morgan fingerprint density at radius 3 is 2.36 bits per heavy atom. The van der Waals surface area contributed by atoms with Crippen LogP contribution in [0.2, 0.25) is 5.02 Å². The van der Waals surface area contributed by atoms with Crippen LogP contribution in [0.25, 0.3) is 27.9 Å². The van der Waals surface area contributed by atoms with Gasteiger partial charge in [-0.3, -0.25) is 14.2 Å². The summed E-state index contributed by atoms with van der Waals surface area (Å²) in [5.74, 6) is 0.985. The number of halogens is 1. The van der Waals surface area contributed by atoms with Crippen LogP contribution >= 0.6 is 11.6 Å². The highest BCUT2D eigenvalue weighted by Gasteiger charge is 2.23. The van der Waals surface area contributed by atoms with Crippen molar-refractivity contribution in [2.45, 2.75) is 66.5 Å². The largest absolute Gasteiger partial charge is 0.488 e. The zero-order chi connectivity index (χ0) is 43.7. The van der Waals surface area contributed by atoms with Gasteiger partial charge in [-0.25, -0.2) is 9.78 Å². The lowest BCUT2D eigenvalue weighted by Crippen LogP contribution is -2.39. The average Bonchev–Trinajstić information content (AvgIpc) is 3.23. The number of carbonyl (C=O) groups excluding carboxylic acids is 1. The molecule has 3 aromatic heterocycles. The molecule has 0 radical (unpaired) electrons. The summed E-state index contributed by atoms with van der Waals surface area (Å²) in [6.07, 6.45) is 5.67. The normalized spacial score (nSPS) is 11.3. The minimum absolute atomic E-state index is 0.00555. The molecule has 1 amide bonds. The third-order valence-corrected chi connectivity index (χ3v) is 10.3. The number of ether oxygens (including phenoxy) is 3. The van der Waals surface area contributed by atoms with Crippen LogP contribution < -0.4 is 20.3 Å². The van der Waals surface area contributed by atoms with E-state index in [0.717, 1.165) is 50.1 Å². The molecular weight excluding hydrogens is 796 g/mol. The topological polar surface area (TPSA) is 172 Å². The van der Waals surface area contributed by atoms with E-state index in [-0.39, 0.29) is 45.1 Å². The molecule has 3 heterocycles. The highest BCUT2D eigenvalue weighted by atomic mass is 35.5. The minimum Gasteiger partial charge on any atom is -0.488 e. The van der Waals surface area contributed by atoms with Crippen molar-refractivity contribution in [3.05, 3.63) is 146 Å². The number of nitrogens with zero attached hydrogens (tertiary/aromatic N) is 5. The van der Waals surface area contributed by atoms with Gasteiger partial charge in [0.15, 0.2) is 0 Å². The number of aromatic nitrogens is 3. The van der Waals surface area contributed by atoms with Crippen LogP contribution in [0.3, 0.4) is 0 Å². The molecule has 0 saturated heterocycles. The zero-order valence-corrected chi connectivity index (χ0v) is 35.6. The smallest absolute Gasteiger partial charge is 0.410 e. The highest BCUT2D eigenvalue weighted by molar-refractivity contribution is 6.32. The summed E-state index contributed by atoms with van der Waals surface area (Å²) < 4.78 is 19.5. The van der Waals surface area contributed by atoms with Crippen molar-refractivity contribution in [2.24, 2.45) is 0 Å². The lowest BCUT2D eigenvalue weighted by molar-refractivity contribution is 0.0200. The molecule has 3 N–H and O–H groups in total. The monoisotopic (exact) mass is 844 g/mol. The molecule has 0 spiro atoms. The maximum absolute atomic E-state index is 13.6. The van der Waals surface area contributed by atoms with Gasteiger partial charge in [-0.05, 0) is 97.8 Å². The number of nitrogens with one attached hydrogen (secondary N) is 1. The van der Waals surface area contributed by atoms with E-state index in [4.69, 9.17) is 25.8 Å². The Balaban J connectivity index is 1.23. The first-order valence-electron chi connectivity index (χ1n) is 19.8. The molecule has 14 heteroatoms. The van der Waals surface area contributed by atoms with E-state index in [9.17, 15) is 25.1 Å². The van der Waals surface area contributed by atoms with E-state index in [1.54, 1.807) is 51.4 Å². The second-order valence-corrected chi connectivity index (χ2v) is 15.9. The maximum Gasteiger partial charge on any atom is 0.410 e. The third kappa shape index (κ3) is 10.9. The Kier molecular flexibility index (Phi) is 14.4. The fraction of sp³-hybridized carbons (Fsp3) is 0.298. The molecule has 316 valence electrons. The number of hydrogen-bond donors (Lipinski definition) is 3. The van der Waals surface area contributed by atoms with Gasteiger partial charge in [-0.15, -0.1) is 0 Å². The predicted molar refractivity (Wildman–Crippen MR) is 233 cm³/mol. The molecule has 0 fully saturated rings. The van der Waals surface area contributed by atoms with Crippen LogP contribution in [0.15, 0.2) is 96.3 Å². The van der Waals surface area contributed by atoms with Gasteiger partial charge in [0.25, 0.3) is 5.56 Å². The van der Waals surface area contributed by atoms with Gasteiger partial charge >= 0.3 is 6.09 Å². The summed E-state index contributed by atoms with van der Waals surface area (Å²) in [7, 11) is 0. The van der Waals surface area contributed by atoms with E-state index >= 15 is 0 Å². The number of hydrogen-bond acceptors (Lipinski definition) is 11. The van der Waals surface area contributed by atoms with Gasteiger partial charge in [0.05, 0.1) is 35.9 Å². The van der Waals surface area contributed by atoms with E-state index in [0.29, 0.717) is 46.4 Å². The molecule has 0 atom stereocenters. The molecule has 0 aliphatic carbocycles. The Morgan fingerprint density at radius 1 is 0.885 bits per heavy atom. The van der Waals surface area contributed by atoms with Crippen LogP contribution in [0, 0.1) is 25.2 Å². The summed E-state index contributed by atoms with van der Waals surface area (Å²) in [6, 6.07) is 23.3. The fourth-order valence-corrected chi connectivity index (χ4v) is 7.09. The van der Waals surface area contributed by atoms with E-state index < -0.39 is 11.7 Å². The first kappa shape index (κ1) is 44.3. The lowest BCUT2D eigenvalue weighted by atomic mass is 9.90. The van der Waals surface area contributed by atoms with E-state index in [2.05, 4.69) is 47.3 Å². The number of pyridine rings is 2. The average molecular weight is 845 g/mol. The predicted octanol–water partition coefficient (Wildman–Crippen LogP) is 7.53. The van der Waals surface area contributed by atoms with Gasteiger partial charge < -0.3 is 34.6 Å².